The molecular weight excluding hydrogens is 578 g/mol. The number of nitrogens with zero attached hydrogens (tertiary/aromatic N) is 7. The second-order valence-electron chi connectivity index (χ2n) is 11.4. The van der Waals surface area contributed by atoms with Crippen molar-refractivity contribution < 1.29 is 9.59 Å². The van der Waals surface area contributed by atoms with Gasteiger partial charge in [-0.2, -0.15) is 5.10 Å². The van der Waals surface area contributed by atoms with Crippen molar-refractivity contribution in [2.24, 2.45) is 0 Å². The van der Waals surface area contributed by atoms with Crippen LogP contribution in [0, 0.1) is 0 Å². The lowest BCUT2D eigenvalue weighted by molar-refractivity contribution is -0.114. The third-order valence-electron chi connectivity index (χ3n) is 8.76. The van der Waals surface area contributed by atoms with E-state index in [4.69, 9.17) is 15.7 Å². The van der Waals surface area contributed by atoms with Crippen LogP contribution in [0.2, 0.25) is 0 Å². The number of imidazole rings is 1. The van der Waals surface area contributed by atoms with Gasteiger partial charge in [0.25, 0.3) is 5.91 Å². The first kappa shape index (κ1) is 27.4. The highest BCUT2D eigenvalue weighted by molar-refractivity contribution is 6.09. The first-order valence-electron chi connectivity index (χ1n) is 15.1. The van der Waals surface area contributed by atoms with Crippen LogP contribution in [0.15, 0.2) is 98.0 Å². The van der Waals surface area contributed by atoms with Crippen LogP contribution in [0.4, 0.5) is 11.5 Å². The summed E-state index contributed by atoms with van der Waals surface area (Å²) in [5.41, 5.74) is 13.6. The van der Waals surface area contributed by atoms with Gasteiger partial charge in [0.2, 0.25) is 5.91 Å². The minimum Gasteiger partial charge on any atom is -0.383 e. The number of aromatic nitrogens is 6. The van der Waals surface area contributed by atoms with Crippen LogP contribution < -0.4 is 16.0 Å². The maximum atomic E-state index is 13.7. The molecule has 6 aromatic rings. The maximum absolute atomic E-state index is 13.7. The van der Waals surface area contributed by atoms with E-state index in [9.17, 15) is 9.59 Å². The monoisotopic (exact) mass is 607 g/mol. The second-order valence-corrected chi connectivity index (χ2v) is 11.4. The van der Waals surface area contributed by atoms with Crippen LogP contribution in [0.1, 0.15) is 39.5 Å². The van der Waals surface area contributed by atoms with Gasteiger partial charge in [0, 0.05) is 30.8 Å². The van der Waals surface area contributed by atoms with Gasteiger partial charge in [-0.05, 0) is 90.6 Å². The lowest BCUT2D eigenvalue weighted by Gasteiger charge is -2.20. The number of nitrogens with one attached hydrogen (secondary N) is 1. The molecule has 0 saturated heterocycles. The zero-order valence-corrected chi connectivity index (χ0v) is 24.8. The second kappa shape index (κ2) is 10.8. The molecule has 0 unspecified atom stereocenters. The summed E-state index contributed by atoms with van der Waals surface area (Å²) in [5.74, 6) is 1.26. The van der Waals surface area contributed by atoms with Crippen molar-refractivity contribution in [2.75, 3.05) is 17.2 Å². The Morgan fingerprint density at radius 2 is 1.89 bits per heavy atom. The highest BCUT2D eigenvalue weighted by Gasteiger charge is 2.31. The molecule has 1 atom stereocenters. The zero-order valence-electron chi connectivity index (χ0n) is 24.8. The summed E-state index contributed by atoms with van der Waals surface area (Å²) >= 11 is 0. The Labute approximate surface area is 264 Å². The van der Waals surface area contributed by atoms with Crippen LogP contribution in [0.5, 0.6) is 0 Å². The first-order chi connectivity index (χ1) is 22.5. The average Bonchev–Trinajstić information content (AvgIpc) is 3.89. The number of rotatable bonds is 6. The van der Waals surface area contributed by atoms with Crippen LogP contribution in [-0.2, 0) is 17.6 Å². The molecule has 226 valence electrons. The number of pyridine rings is 2. The van der Waals surface area contributed by atoms with Crippen LogP contribution in [0.25, 0.3) is 34.1 Å². The number of anilines is 2. The standard InChI is InChI=1S/C35H29N9O2/c1-2-30(45)42-19-15-21-6-3-7-25(31(21)42)35(46)40-27-12-9-22-20-23(10-11-24(22)27)44-33(26-8-4-16-37-32(26)36)39-28-13-14-29(41-34(28)44)43-18-5-17-38-43/h2-8,10-11,13-14,16-18,20,27H,1,9,12,15,19H2,(H2,36,37)(H,40,46)/t27-/m0/s1. The van der Waals surface area contributed by atoms with Crippen LogP contribution in [-0.4, -0.2) is 47.7 Å². The van der Waals surface area contributed by atoms with E-state index >= 15 is 0 Å². The van der Waals surface area contributed by atoms with Crippen molar-refractivity contribution in [1.82, 2.24) is 34.6 Å². The molecule has 0 bridgehead atoms. The predicted molar refractivity (Wildman–Crippen MR) is 175 cm³/mol. The Morgan fingerprint density at radius 1 is 0.978 bits per heavy atom. The Morgan fingerprint density at radius 3 is 2.72 bits per heavy atom. The summed E-state index contributed by atoms with van der Waals surface area (Å²) in [6.07, 6.45) is 8.75. The molecule has 2 aromatic carbocycles. The number of hydrogen-bond acceptors (Lipinski definition) is 7. The normalized spacial score (nSPS) is 15.1. The van der Waals surface area contributed by atoms with E-state index in [0.29, 0.717) is 58.4 Å². The Kier molecular flexibility index (Phi) is 6.45. The van der Waals surface area contributed by atoms with Crippen molar-refractivity contribution in [2.45, 2.75) is 25.3 Å². The van der Waals surface area contributed by atoms with Gasteiger partial charge in [0.15, 0.2) is 17.3 Å². The van der Waals surface area contributed by atoms with E-state index in [1.165, 1.54) is 6.08 Å². The maximum Gasteiger partial charge on any atom is 0.253 e. The Hall–Kier alpha value is -6.10. The van der Waals surface area contributed by atoms with Crippen molar-refractivity contribution in [1.29, 1.82) is 0 Å². The highest BCUT2D eigenvalue weighted by atomic mass is 16.2. The third kappa shape index (κ3) is 4.43. The molecule has 2 amide bonds. The number of amides is 2. The topological polar surface area (TPSA) is 137 Å². The quantitative estimate of drug-likeness (QED) is 0.261. The fourth-order valence-corrected chi connectivity index (χ4v) is 6.61. The molecule has 46 heavy (non-hydrogen) atoms. The van der Waals surface area contributed by atoms with Gasteiger partial charge < -0.3 is 16.0 Å². The number of nitrogen functional groups attached to an aromatic ring is 1. The average molecular weight is 608 g/mol. The van der Waals surface area contributed by atoms with Gasteiger partial charge in [0.1, 0.15) is 11.3 Å². The molecule has 8 rings (SSSR count). The van der Waals surface area contributed by atoms with Gasteiger partial charge in [-0.25, -0.2) is 19.6 Å². The number of hydrogen-bond donors (Lipinski definition) is 2. The Bertz CT molecular complexity index is 2180. The number of nitrogens with two attached hydrogens (primary N) is 1. The molecule has 0 fully saturated rings. The summed E-state index contributed by atoms with van der Waals surface area (Å²) in [6, 6.07) is 21.1. The number of carbonyl (C=O) groups is 2. The van der Waals surface area contributed by atoms with E-state index in [0.717, 1.165) is 35.2 Å². The molecule has 0 saturated carbocycles. The van der Waals surface area contributed by atoms with E-state index in [1.54, 1.807) is 28.0 Å². The van der Waals surface area contributed by atoms with Crippen molar-refractivity contribution >= 4 is 34.5 Å². The Balaban J connectivity index is 1.16. The van der Waals surface area contributed by atoms with Gasteiger partial charge in [0.05, 0.1) is 22.9 Å². The van der Waals surface area contributed by atoms with E-state index < -0.39 is 0 Å². The summed E-state index contributed by atoms with van der Waals surface area (Å²) in [7, 11) is 0. The molecule has 2 aliphatic rings. The molecule has 1 aliphatic heterocycles. The van der Waals surface area contributed by atoms with Crippen molar-refractivity contribution in [3.8, 4) is 22.9 Å². The van der Waals surface area contributed by atoms with E-state index in [1.807, 2.05) is 59.3 Å². The fourth-order valence-electron chi connectivity index (χ4n) is 6.61. The smallest absolute Gasteiger partial charge is 0.253 e. The summed E-state index contributed by atoms with van der Waals surface area (Å²) in [6.45, 7) is 4.17. The van der Waals surface area contributed by atoms with E-state index in [-0.39, 0.29) is 17.9 Å². The van der Waals surface area contributed by atoms with Gasteiger partial charge in [-0.15, -0.1) is 0 Å². The van der Waals surface area contributed by atoms with Crippen molar-refractivity contribution in [3.05, 3.63) is 120 Å². The molecular formula is C35H29N9O2. The zero-order chi connectivity index (χ0) is 31.4. The largest absolute Gasteiger partial charge is 0.383 e. The molecule has 1 aliphatic carbocycles. The first-order valence-corrected chi connectivity index (χ1v) is 15.1. The fraction of sp³-hybridized carbons (Fsp3) is 0.143. The summed E-state index contributed by atoms with van der Waals surface area (Å²) in [5, 5.41) is 7.59. The lowest BCUT2D eigenvalue weighted by Crippen LogP contribution is -2.32. The van der Waals surface area contributed by atoms with Crippen molar-refractivity contribution in [3.63, 3.8) is 0 Å². The molecule has 4 aromatic heterocycles. The SMILES string of the molecule is C=CC(=O)N1CCc2cccc(C(=O)N[C@H]3CCc4cc(-n5c(-c6cccnc6N)nc6ccc(-n7cccn7)nc65)ccc43)c21. The summed E-state index contributed by atoms with van der Waals surface area (Å²) in [4.78, 5) is 42.0. The number of benzene rings is 2. The van der Waals surface area contributed by atoms with E-state index in [2.05, 4.69) is 34.1 Å². The third-order valence-corrected chi connectivity index (χ3v) is 8.76. The molecule has 11 heteroatoms. The predicted octanol–water partition coefficient (Wildman–Crippen LogP) is 4.74. The van der Waals surface area contributed by atoms with Crippen LogP contribution in [0.3, 0.4) is 0 Å². The molecule has 0 spiro atoms. The molecule has 5 heterocycles. The lowest BCUT2D eigenvalue weighted by atomic mass is 10.0. The minimum absolute atomic E-state index is 0.171. The van der Waals surface area contributed by atoms with Gasteiger partial charge >= 0.3 is 0 Å². The number of fused-ring (bicyclic) bond motifs is 3. The number of aryl methyl sites for hydroxylation is 1. The van der Waals surface area contributed by atoms with Gasteiger partial charge in [-0.1, -0.05) is 24.8 Å². The number of carbonyl (C=O) groups excluding carboxylic acids is 2. The molecule has 3 N–H and O–H groups in total. The number of para-hydroxylation sites is 1. The molecule has 0 radical (unpaired) electrons. The van der Waals surface area contributed by atoms with Gasteiger partial charge in [-0.3, -0.25) is 14.2 Å². The highest BCUT2D eigenvalue weighted by Crippen LogP contribution is 2.37. The van der Waals surface area contributed by atoms with Crippen LogP contribution >= 0.6 is 0 Å². The minimum atomic E-state index is -0.205. The molecule has 11 nitrogen and oxygen atoms in total. The summed E-state index contributed by atoms with van der Waals surface area (Å²) < 4.78 is 3.71.